The van der Waals surface area contributed by atoms with Gasteiger partial charge in [-0.15, -0.1) is 0 Å². The summed E-state index contributed by atoms with van der Waals surface area (Å²) in [7, 11) is 0. The molecule has 0 aliphatic carbocycles. The van der Waals surface area contributed by atoms with Gasteiger partial charge in [0.2, 0.25) is 0 Å². The maximum Gasteiger partial charge on any atom is 0.275 e. The molecule has 0 fully saturated rings. The molecular weight excluding hydrogens is 395 g/mol. The molecule has 1 aromatic heterocycles. The fraction of sp³-hybridized carbons (Fsp3) is 0.167. The van der Waals surface area contributed by atoms with Crippen LogP contribution in [0.15, 0.2) is 87.7 Å². The third-order valence-electron chi connectivity index (χ3n) is 5.53. The molecule has 2 aromatic carbocycles. The summed E-state index contributed by atoms with van der Waals surface area (Å²) in [5.74, 6) is 0.659. The molecule has 2 aliphatic rings. The van der Waals surface area contributed by atoms with Gasteiger partial charge in [-0.2, -0.15) is 0 Å². The number of fused-ring (bicyclic) bond motifs is 1. The third kappa shape index (κ3) is 3.59. The molecule has 156 valence electrons. The summed E-state index contributed by atoms with van der Waals surface area (Å²) >= 11 is 0. The number of benzene rings is 2. The molecule has 3 aromatic rings. The van der Waals surface area contributed by atoms with E-state index in [9.17, 15) is 9.18 Å². The van der Waals surface area contributed by atoms with Gasteiger partial charge in [-0.3, -0.25) is 9.69 Å². The number of anilines is 2. The summed E-state index contributed by atoms with van der Waals surface area (Å²) in [6.45, 7) is 0.657. The molecule has 0 bridgehead atoms. The van der Waals surface area contributed by atoms with Crippen LogP contribution in [-0.4, -0.2) is 29.7 Å². The minimum absolute atomic E-state index is 0.0828. The Balaban J connectivity index is 1.52. The first-order valence-corrected chi connectivity index (χ1v) is 10.1. The van der Waals surface area contributed by atoms with E-state index in [0.717, 1.165) is 11.1 Å². The van der Waals surface area contributed by atoms with Crippen molar-refractivity contribution in [1.29, 1.82) is 0 Å². The standard InChI is InChI=1S/C24H21FN4O2/c25-22-19(26)9-4-10-21(22)28-14-17(12-16-6-2-1-3-7-16)23-27-20(24(30)29(23)15-28)13-18-8-5-11-31-18/h1-11H,12-15,26H2. The zero-order valence-corrected chi connectivity index (χ0v) is 16.8. The number of nitrogen functional groups attached to an aromatic ring is 1. The number of aliphatic imine (C=N–C) groups is 1. The van der Waals surface area contributed by atoms with Gasteiger partial charge in [0.25, 0.3) is 5.91 Å². The van der Waals surface area contributed by atoms with Crippen LogP contribution >= 0.6 is 0 Å². The lowest BCUT2D eigenvalue weighted by Crippen LogP contribution is -2.46. The number of carbonyl (C=O) groups is 1. The Morgan fingerprint density at radius 2 is 1.87 bits per heavy atom. The van der Waals surface area contributed by atoms with Gasteiger partial charge in [0.05, 0.1) is 24.1 Å². The number of hydrogen-bond donors (Lipinski definition) is 1. The van der Waals surface area contributed by atoms with Gasteiger partial charge in [0, 0.05) is 6.54 Å². The van der Waals surface area contributed by atoms with Gasteiger partial charge in [-0.05, 0) is 41.8 Å². The zero-order valence-electron chi connectivity index (χ0n) is 16.8. The molecule has 0 saturated heterocycles. The molecular formula is C24H21FN4O2. The van der Waals surface area contributed by atoms with Crippen molar-refractivity contribution in [2.75, 3.05) is 23.8 Å². The summed E-state index contributed by atoms with van der Waals surface area (Å²) in [6.07, 6.45) is 2.50. The smallest absolute Gasteiger partial charge is 0.275 e. The lowest BCUT2D eigenvalue weighted by Gasteiger charge is -2.36. The molecule has 2 aliphatic heterocycles. The Morgan fingerprint density at radius 1 is 1.03 bits per heavy atom. The van der Waals surface area contributed by atoms with E-state index in [1.165, 1.54) is 6.07 Å². The highest BCUT2D eigenvalue weighted by molar-refractivity contribution is 6.41. The number of carbonyl (C=O) groups excluding carboxylic acids is 1. The predicted octanol–water partition coefficient (Wildman–Crippen LogP) is 3.76. The molecule has 0 spiro atoms. The van der Waals surface area contributed by atoms with Gasteiger partial charge < -0.3 is 15.1 Å². The van der Waals surface area contributed by atoms with E-state index >= 15 is 0 Å². The van der Waals surface area contributed by atoms with E-state index in [1.54, 1.807) is 29.4 Å². The largest absolute Gasteiger partial charge is 0.469 e. The molecule has 2 N–H and O–H groups in total. The van der Waals surface area contributed by atoms with Crippen LogP contribution in [0.2, 0.25) is 0 Å². The Kier molecular flexibility index (Phi) is 4.78. The topological polar surface area (TPSA) is 75.1 Å². The average Bonchev–Trinajstić information content (AvgIpc) is 3.40. The monoisotopic (exact) mass is 416 g/mol. The Labute approximate surface area is 179 Å². The molecule has 0 radical (unpaired) electrons. The molecule has 1 amide bonds. The molecule has 0 atom stereocenters. The van der Waals surface area contributed by atoms with Crippen molar-refractivity contribution in [3.05, 3.63) is 95.5 Å². The zero-order chi connectivity index (χ0) is 21.4. The normalized spacial score (nSPS) is 16.0. The lowest BCUT2D eigenvalue weighted by molar-refractivity contribution is -0.121. The fourth-order valence-corrected chi connectivity index (χ4v) is 4.02. The summed E-state index contributed by atoms with van der Waals surface area (Å²) < 4.78 is 20.2. The Morgan fingerprint density at radius 3 is 2.65 bits per heavy atom. The van der Waals surface area contributed by atoms with E-state index in [-0.39, 0.29) is 18.3 Å². The first-order valence-electron chi connectivity index (χ1n) is 10.1. The maximum absolute atomic E-state index is 14.8. The van der Waals surface area contributed by atoms with Crippen molar-refractivity contribution in [1.82, 2.24) is 4.90 Å². The highest BCUT2D eigenvalue weighted by Gasteiger charge is 2.37. The van der Waals surface area contributed by atoms with Crippen LogP contribution < -0.4 is 10.6 Å². The Hall–Kier alpha value is -3.87. The third-order valence-corrected chi connectivity index (χ3v) is 5.53. The number of nitrogens with zero attached hydrogens (tertiary/aromatic N) is 3. The predicted molar refractivity (Wildman–Crippen MR) is 117 cm³/mol. The summed E-state index contributed by atoms with van der Waals surface area (Å²) in [4.78, 5) is 21.3. The van der Waals surface area contributed by atoms with E-state index in [2.05, 4.69) is 4.99 Å². The number of furan rings is 1. The van der Waals surface area contributed by atoms with Crippen LogP contribution in [0, 0.1) is 5.82 Å². The van der Waals surface area contributed by atoms with Crippen LogP contribution in [0.3, 0.4) is 0 Å². The van der Waals surface area contributed by atoms with E-state index < -0.39 is 5.82 Å². The van der Waals surface area contributed by atoms with Gasteiger partial charge >= 0.3 is 0 Å². The van der Waals surface area contributed by atoms with Crippen molar-refractivity contribution in [2.45, 2.75) is 12.8 Å². The summed E-state index contributed by atoms with van der Waals surface area (Å²) in [5, 5.41) is 0. The van der Waals surface area contributed by atoms with Crippen LogP contribution in [0.4, 0.5) is 15.8 Å². The minimum Gasteiger partial charge on any atom is -0.469 e. The number of amides is 1. The van der Waals surface area contributed by atoms with Crippen molar-refractivity contribution in [3.63, 3.8) is 0 Å². The molecule has 0 saturated carbocycles. The van der Waals surface area contributed by atoms with Crippen LogP contribution in [0.25, 0.3) is 0 Å². The van der Waals surface area contributed by atoms with Crippen LogP contribution in [0.1, 0.15) is 11.3 Å². The van der Waals surface area contributed by atoms with E-state index in [4.69, 9.17) is 10.2 Å². The van der Waals surface area contributed by atoms with Gasteiger partial charge in [-0.1, -0.05) is 36.4 Å². The van der Waals surface area contributed by atoms with Gasteiger partial charge in [0.1, 0.15) is 24.0 Å². The number of hydrogen-bond acceptors (Lipinski definition) is 5. The molecule has 3 heterocycles. The number of rotatable bonds is 5. The van der Waals surface area contributed by atoms with Gasteiger partial charge in [-0.25, -0.2) is 9.38 Å². The van der Waals surface area contributed by atoms with E-state index in [0.29, 0.717) is 42.4 Å². The fourth-order valence-electron chi connectivity index (χ4n) is 4.02. The first kappa shape index (κ1) is 19.1. The SMILES string of the molecule is Nc1cccc(N2CC(Cc3ccccc3)=C3N=C(Cc4ccco4)C(=O)N3C2)c1F. The lowest BCUT2D eigenvalue weighted by atomic mass is 10.0. The van der Waals surface area contributed by atoms with Crippen molar-refractivity contribution in [3.8, 4) is 0 Å². The van der Waals surface area contributed by atoms with Crippen molar-refractivity contribution < 1.29 is 13.6 Å². The van der Waals surface area contributed by atoms with Crippen LogP contribution in [0.5, 0.6) is 0 Å². The quantitative estimate of drug-likeness (QED) is 0.643. The number of nitrogens with two attached hydrogens (primary N) is 1. The number of halogens is 1. The second kappa shape index (κ2) is 7.75. The Bertz CT molecular complexity index is 1190. The van der Waals surface area contributed by atoms with Gasteiger partial charge in [0.15, 0.2) is 5.82 Å². The molecule has 0 unspecified atom stereocenters. The second-order valence-electron chi connectivity index (χ2n) is 7.66. The van der Waals surface area contributed by atoms with E-state index in [1.807, 2.05) is 41.3 Å². The van der Waals surface area contributed by atoms with Crippen molar-refractivity contribution in [2.24, 2.45) is 4.99 Å². The minimum atomic E-state index is -0.478. The average molecular weight is 416 g/mol. The summed E-state index contributed by atoms with van der Waals surface area (Å²) in [5.41, 5.74) is 8.71. The molecule has 7 heteroatoms. The van der Waals surface area contributed by atoms with Crippen molar-refractivity contribution >= 4 is 23.0 Å². The molecule has 6 nitrogen and oxygen atoms in total. The molecule has 5 rings (SSSR count). The van der Waals surface area contributed by atoms with Crippen LogP contribution in [-0.2, 0) is 17.6 Å². The second-order valence-corrected chi connectivity index (χ2v) is 7.66. The first-order chi connectivity index (χ1) is 15.1. The summed E-state index contributed by atoms with van der Waals surface area (Å²) in [6, 6.07) is 18.5. The highest BCUT2D eigenvalue weighted by Crippen LogP contribution is 2.33. The maximum atomic E-state index is 14.8. The molecule has 31 heavy (non-hydrogen) atoms. The highest BCUT2D eigenvalue weighted by atomic mass is 19.1.